The Kier molecular flexibility index (Phi) is 8.95. The molecule has 1 aromatic rings. The molecule has 0 radical (unpaired) electrons. The summed E-state index contributed by atoms with van der Waals surface area (Å²) in [4.78, 5) is 0. The highest BCUT2D eigenvalue weighted by atomic mass is 32.2. The van der Waals surface area contributed by atoms with E-state index in [1.165, 1.54) is 24.0 Å². The van der Waals surface area contributed by atoms with E-state index in [-0.39, 0.29) is 28.2 Å². The molecular weight excluding hydrogens is 565 g/mol. The molecule has 0 aliphatic heterocycles. The van der Waals surface area contributed by atoms with Gasteiger partial charge in [0.1, 0.15) is 5.75 Å². The van der Waals surface area contributed by atoms with Gasteiger partial charge in [-0.1, -0.05) is 54.5 Å². The van der Waals surface area contributed by atoms with Gasteiger partial charge in [0.15, 0.2) is 8.32 Å². The van der Waals surface area contributed by atoms with Crippen LogP contribution in [0, 0.1) is 23.2 Å². The van der Waals surface area contributed by atoms with Crippen molar-refractivity contribution in [3.63, 3.8) is 0 Å². The summed E-state index contributed by atoms with van der Waals surface area (Å²) in [6.45, 7) is 26.0. The van der Waals surface area contributed by atoms with Crippen molar-refractivity contribution in [3.8, 4) is 5.75 Å². The van der Waals surface area contributed by atoms with Crippen molar-refractivity contribution in [1.82, 2.24) is 0 Å². The summed E-state index contributed by atoms with van der Waals surface area (Å²) in [5.74, 6) is 3.01. The Morgan fingerprint density at radius 1 is 0.951 bits per heavy atom. The molecule has 3 aliphatic carbocycles. The first kappa shape index (κ1) is 33.2. The fourth-order valence-electron chi connectivity index (χ4n) is 7.69. The van der Waals surface area contributed by atoms with Gasteiger partial charge in [-0.05, 0) is 127 Å². The monoisotopic (exact) mass is 622 g/mol. The van der Waals surface area contributed by atoms with Gasteiger partial charge in [-0.25, -0.2) is 0 Å². The predicted octanol–water partition coefficient (Wildman–Crippen LogP) is 8.91. The zero-order valence-electron chi connectivity index (χ0n) is 28.0. The molecule has 234 valence electrons. The van der Waals surface area contributed by atoms with Crippen LogP contribution in [0.2, 0.25) is 36.3 Å². The van der Waals surface area contributed by atoms with E-state index in [1.807, 2.05) is 0 Å². The van der Waals surface area contributed by atoms with E-state index >= 15 is 0 Å². The molecule has 0 saturated heterocycles. The van der Waals surface area contributed by atoms with Crippen LogP contribution in [0.3, 0.4) is 0 Å². The topological polar surface area (TPSA) is 61.8 Å². The van der Waals surface area contributed by atoms with E-state index in [0.29, 0.717) is 23.7 Å². The molecule has 2 fully saturated rings. The number of hydrogen-bond donors (Lipinski definition) is 0. The van der Waals surface area contributed by atoms with E-state index < -0.39 is 26.8 Å². The highest BCUT2D eigenvalue weighted by molar-refractivity contribution is 7.85. The standard InChI is InChI=1S/C33H58O5SSi2/c1-31(2,3)40(9,10)37-25-14-16-26-23(21-25)13-15-27-28-17-18-29(38-41(11,12)32(4,5)6)33(28,7)22-24(30(26)27)19-20-36-39(8,34)35/h14,16,21,24,27-30H,13,15,17-20,22H2,1-12H3/t24-,27-,28-,29-,30+,33-/m0/s1. The van der Waals surface area contributed by atoms with Crippen molar-refractivity contribution < 1.29 is 21.5 Å². The summed E-state index contributed by atoms with van der Waals surface area (Å²) in [6.07, 6.45) is 7.87. The molecular formula is C33H58O5SSi2. The summed E-state index contributed by atoms with van der Waals surface area (Å²) in [5, 5.41) is 0.327. The molecule has 0 heterocycles. The molecule has 4 rings (SSSR count). The second-order valence-electron chi connectivity index (χ2n) is 16.8. The number of hydrogen-bond acceptors (Lipinski definition) is 5. The average molecular weight is 623 g/mol. The van der Waals surface area contributed by atoms with Crippen LogP contribution in [-0.2, 0) is 25.1 Å². The molecule has 0 aromatic heterocycles. The molecule has 3 aliphatic rings. The van der Waals surface area contributed by atoms with Crippen LogP contribution in [0.1, 0.15) is 97.6 Å². The van der Waals surface area contributed by atoms with Gasteiger partial charge >= 0.3 is 0 Å². The zero-order valence-corrected chi connectivity index (χ0v) is 30.8. The fraction of sp³-hybridized carbons (Fsp3) is 0.818. The smallest absolute Gasteiger partial charge is 0.264 e. The minimum absolute atomic E-state index is 0.106. The molecule has 0 unspecified atom stereocenters. The van der Waals surface area contributed by atoms with E-state index in [9.17, 15) is 8.42 Å². The average Bonchev–Trinajstić information content (AvgIpc) is 3.11. The van der Waals surface area contributed by atoms with Crippen LogP contribution >= 0.6 is 0 Å². The van der Waals surface area contributed by atoms with Crippen molar-refractivity contribution in [3.05, 3.63) is 29.3 Å². The molecule has 0 bridgehead atoms. The van der Waals surface area contributed by atoms with Crippen LogP contribution in [0.15, 0.2) is 18.2 Å². The van der Waals surface area contributed by atoms with Gasteiger partial charge in [0, 0.05) is 0 Å². The van der Waals surface area contributed by atoms with Crippen LogP contribution < -0.4 is 4.43 Å². The Bertz CT molecular complexity index is 1210. The van der Waals surface area contributed by atoms with Gasteiger partial charge in [-0.3, -0.25) is 4.18 Å². The highest BCUT2D eigenvalue weighted by Crippen LogP contribution is 2.64. The van der Waals surface area contributed by atoms with Gasteiger partial charge in [0.2, 0.25) is 8.32 Å². The van der Waals surface area contributed by atoms with Crippen molar-refractivity contribution in [2.24, 2.45) is 23.2 Å². The molecule has 1 aromatic carbocycles. The first-order valence-corrected chi connectivity index (χ1v) is 23.5. The third-order valence-electron chi connectivity index (χ3n) is 11.9. The predicted molar refractivity (Wildman–Crippen MR) is 175 cm³/mol. The minimum atomic E-state index is -3.47. The second-order valence-corrected chi connectivity index (χ2v) is 27.9. The maximum Gasteiger partial charge on any atom is 0.264 e. The summed E-state index contributed by atoms with van der Waals surface area (Å²) in [7, 11) is -7.31. The van der Waals surface area contributed by atoms with Gasteiger partial charge in [-0.15, -0.1) is 0 Å². The van der Waals surface area contributed by atoms with Gasteiger partial charge in [0.25, 0.3) is 10.1 Å². The summed E-state index contributed by atoms with van der Waals surface area (Å²) in [5.41, 5.74) is 2.99. The second kappa shape index (κ2) is 11.0. The lowest BCUT2D eigenvalue weighted by molar-refractivity contribution is -0.0465. The summed E-state index contributed by atoms with van der Waals surface area (Å²) in [6, 6.07) is 6.87. The van der Waals surface area contributed by atoms with E-state index in [4.69, 9.17) is 13.0 Å². The normalized spacial score (nSPS) is 30.9. The number of fused-ring (bicyclic) bond motifs is 5. The SMILES string of the molecule is CC(C)(C)[Si](C)(C)Oc1ccc2c(c1)CC[C@@H]1[C@@H]2[C@@H](CCOS(C)(=O)=O)C[C@]2(C)[C@@H](O[Si](C)(C)C(C)(C)C)CC[C@@H]12. The molecule has 41 heavy (non-hydrogen) atoms. The summed E-state index contributed by atoms with van der Waals surface area (Å²) < 4.78 is 43.0. The Hall–Kier alpha value is -0.676. The highest BCUT2D eigenvalue weighted by Gasteiger charge is 2.59. The Balaban J connectivity index is 1.67. The third-order valence-corrected chi connectivity index (χ3v) is 21.4. The quantitative estimate of drug-likeness (QED) is 0.214. The molecule has 8 heteroatoms. The van der Waals surface area contributed by atoms with Crippen molar-refractivity contribution >= 4 is 26.8 Å². The molecule has 6 atom stereocenters. The Labute approximate surface area is 253 Å². The van der Waals surface area contributed by atoms with Gasteiger partial charge in [-0.2, -0.15) is 8.42 Å². The maximum absolute atomic E-state index is 11.9. The maximum atomic E-state index is 11.9. The van der Waals surface area contributed by atoms with Crippen LogP contribution in [-0.4, -0.2) is 44.0 Å². The van der Waals surface area contributed by atoms with Crippen molar-refractivity contribution in [2.75, 3.05) is 12.9 Å². The lowest BCUT2D eigenvalue weighted by Crippen LogP contribution is -2.52. The van der Waals surface area contributed by atoms with E-state index in [1.54, 1.807) is 0 Å². The van der Waals surface area contributed by atoms with Crippen LogP contribution in [0.4, 0.5) is 0 Å². The molecule has 2 saturated carbocycles. The minimum Gasteiger partial charge on any atom is -0.543 e. The molecule has 0 spiro atoms. The first-order chi connectivity index (χ1) is 18.6. The Morgan fingerprint density at radius 2 is 1.59 bits per heavy atom. The van der Waals surface area contributed by atoms with E-state index in [2.05, 4.69) is 92.9 Å². The fourth-order valence-corrected chi connectivity index (χ4v) is 10.6. The van der Waals surface area contributed by atoms with Crippen LogP contribution in [0.5, 0.6) is 5.75 Å². The molecule has 5 nitrogen and oxygen atoms in total. The largest absolute Gasteiger partial charge is 0.543 e. The Morgan fingerprint density at radius 3 is 2.17 bits per heavy atom. The lowest BCUT2D eigenvalue weighted by Gasteiger charge is -2.55. The zero-order chi connectivity index (χ0) is 30.8. The van der Waals surface area contributed by atoms with Crippen molar-refractivity contribution in [2.45, 2.75) is 135 Å². The number of rotatable bonds is 8. The van der Waals surface area contributed by atoms with Gasteiger partial charge < -0.3 is 8.85 Å². The lowest BCUT2D eigenvalue weighted by atomic mass is 9.51. The third kappa shape index (κ3) is 6.71. The van der Waals surface area contributed by atoms with Crippen LogP contribution in [0.25, 0.3) is 0 Å². The summed E-state index contributed by atoms with van der Waals surface area (Å²) >= 11 is 0. The number of benzene rings is 1. The van der Waals surface area contributed by atoms with Crippen molar-refractivity contribution in [1.29, 1.82) is 0 Å². The van der Waals surface area contributed by atoms with E-state index in [0.717, 1.165) is 37.7 Å². The molecule has 0 amide bonds. The molecule has 0 N–H and O–H groups in total. The first-order valence-electron chi connectivity index (χ1n) is 15.9. The number of aryl methyl sites for hydroxylation is 1. The van der Waals surface area contributed by atoms with Gasteiger partial charge in [0.05, 0.1) is 19.0 Å².